The number of carbonyl (C=O) groups excluding carboxylic acids is 3. The van der Waals surface area contributed by atoms with Gasteiger partial charge in [-0.25, -0.2) is 0 Å². The molecule has 39 heavy (non-hydrogen) atoms. The lowest BCUT2D eigenvalue weighted by molar-refractivity contribution is -0.116. The molecule has 0 heterocycles. The van der Waals surface area contributed by atoms with E-state index in [9.17, 15) is 14.4 Å². The number of aryl methyl sites for hydroxylation is 1. The standard InChI is InChI=1S/C32H32N4O3/c1-2-36(29-14-7-4-8-15-29)32(39)25-17-19-26(20-18-25)34-31(38)23-33-27-12-9-13-28(22-27)35-30(37)21-16-24-10-5-3-6-11-24/h3-15,17-20,22,33H,2,16,21,23H2,1H3,(H,34,38)(H,35,37). The topological polar surface area (TPSA) is 90.5 Å². The molecule has 4 rings (SSSR count). The van der Waals surface area contributed by atoms with Gasteiger partial charge in [0.2, 0.25) is 11.8 Å². The molecule has 3 amide bonds. The Hall–Kier alpha value is -4.91. The highest BCUT2D eigenvalue weighted by molar-refractivity contribution is 6.06. The van der Waals surface area contributed by atoms with Gasteiger partial charge in [-0.15, -0.1) is 0 Å². The summed E-state index contributed by atoms with van der Waals surface area (Å²) in [6, 6.07) is 33.5. The van der Waals surface area contributed by atoms with Gasteiger partial charge in [-0.2, -0.15) is 0 Å². The normalized spacial score (nSPS) is 10.4. The van der Waals surface area contributed by atoms with Crippen molar-refractivity contribution < 1.29 is 14.4 Å². The number of anilines is 4. The average Bonchev–Trinajstić information content (AvgIpc) is 2.97. The Morgan fingerprint density at radius 3 is 2.00 bits per heavy atom. The monoisotopic (exact) mass is 520 g/mol. The molecule has 0 radical (unpaired) electrons. The average molecular weight is 521 g/mol. The zero-order valence-corrected chi connectivity index (χ0v) is 21.9. The Balaban J connectivity index is 1.25. The van der Waals surface area contributed by atoms with Crippen LogP contribution in [0.1, 0.15) is 29.3 Å². The maximum absolute atomic E-state index is 13.0. The Morgan fingerprint density at radius 2 is 1.31 bits per heavy atom. The molecule has 7 heteroatoms. The molecule has 0 saturated heterocycles. The minimum atomic E-state index is -0.231. The predicted molar refractivity (Wildman–Crippen MR) is 157 cm³/mol. The van der Waals surface area contributed by atoms with E-state index in [1.165, 1.54) is 0 Å². The number of hydrogen-bond acceptors (Lipinski definition) is 4. The van der Waals surface area contributed by atoms with E-state index in [2.05, 4.69) is 16.0 Å². The number of para-hydroxylation sites is 1. The highest BCUT2D eigenvalue weighted by atomic mass is 16.2. The van der Waals surface area contributed by atoms with Gasteiger partial charge in [0.25, 0.3) is 5.91 Å². The van der Waals surface area contributed by atoms with Gasteiger partial charge in [0.15, 0.2) is 0 Å². The number of nitrogens with one attached hydrogen (secondary N) is 3. The summed E-state index contributed by atoms with van der Waals surface area (Å²) in [5.41, 5.74) is 4.47. The number of benzene rings is 4. The third-order valence-electron chi connectivity index (χ3n) is 6.13. The molecule has 0 atom stereocenters. The number of rotatable bonds is 11. The van der Waals surface area contributed by atoms with Crippen molar-refractivity contribution >= 4 is 40.5 Å². The zero-order valence-electron chi connectivity index (χ0n) is 21.9. The lowest BCUT2D eigenvalue weighted by Gasteiger charge is -2.21. The molecule has 0 aliphatic carbocycles. The van der Waals surface area contributed by atoms with Crippen LogP contribution in [0, 0.1) is 0 Å². The second-order valence-corrected chi connectivity index (χ2v) is 8.98. The lowest BCUT2D eigenvalue weighted by Crippen LogP contribution is -2.30. The Bertz CT molecular complexity index is 1390. The smallest absolute Gasteiger partial charge is 0.258 e. The summed E-state index contributed by atoms with van der Waals surface area (Å²) in [7, 11) is 0. The fourth-order valence-corrected chi connectivity index (χ4v) is 4.12. The Kier molecular flexibility index (Phi) is 9.45. The van der Waals surface area contributed by atoms with Gasteiger partial charge >= 0.3 is 0 Å². The third kappa shape index (κ3) is 8.04. The van der Waals surface area contributed by atoms with Crippen molar-refractivity contribution in [3.8, 4) is 0 Å². The van der Waals surface area contributed by atoms with Crippen LogP contribution in [0.5, 0.6) is 0 Å². The SMILES string of the molecule is CCN(C(=O)c1ccc(NC(=O)CNc2cccc(NC(=O)CCc3ccccc3)c2)cc1)c1ccccc1. The van der Waals surface area contributed by atoms with Crippen LogP contribution in [0.2, 0.25) is 0 Å². The van der Waals surface area contributed by atoms with Crippen LogP contribution in [0.3, 0.4) is 0 Å². The minimum absolute atomic E-state index is 0.0453. The molecule has 0 fully saturated rings. The summed E-state index contributed by atoms with van der Waals surface area (Å²) in [6.45, 7) is 2.53. The quantitative estimate of drug-likeness (QED) is 0.227. The third-order valence-corrected chi connectivity index (χ3v) is 6.13. The Labute approximate surface area is 228 Å². The first-order valence-corrected chi connectivity index (χ1v) is 13.0. The van der Waals surface area contributed by atoms with E-state index in [-0.39, 0.29) is 24.3 Å². The van der Waals surface area contributed by atoms with Gasteiger partial charge in [-0.3, -0.25) is 14.4 Å². The van der Waals surface area contributed by atoms with Crippen LogP contribution in [0.15, 0.2) is 109 Å². The van der Waals surface area contributed by atoms with Gasteiger partial charge in [-0.05, 0) is 73.5 Å². The van der Waals surface area contributed by atoms with E-state index in [0.717, 1.165) is 11.3 Å². The maximum Gasteiger partial charge on any atom is 0.258 e. The molecular formula is C32H32N4O3. The summed E-state index contributed by atoms with van der Waals surface area (Å²) in [6.07, 6.45) is 1.06. The highest BCUT2D eigenvalue weighted by Crippen LogP contribution is 2.19. The first-order chi connectivity index (χ1) is 19.0. The fraction of sp³-hybridized carbons (Fsp3) is 0.156. The first kappa shape index (κ1) is 27.1. The summed E-state index contributed by atoms with van der Waals surface area (Å²) < 4.78 is 0. The van der Waals surface area contributed by atoms with Crippen molar-refractivity contribution in [1.29, 1.82) is 0 Å². The molecule has 4 aromatic carbocycles. The second kappa shape index (κ2) is 13.6. The van der Waals surface area contributed by atoms with Crippen LogP contribution < -0.4 is 20.9 Å². The highest BCUT2D eigenvalue weighted by Gasteiger charge is 2.16. The molecule has 7 nitrogen and oxygen atoms in total. The summed E-state index contributed by atoms with van der Waals surface area (Å²) in [4.78, 5) is 39.5. The summed E-state index contributed by atoms with van der Waals surface area (Å²) in [5.74, 6) is -0.400. The van der Waals surface area contributed by atoms with E-state index in [1.54, 1.807) is 35.2 Å². The summed E-state index contributed by atoms with van der Waals surface area (Å²) >= 11 is 0. The number of carbonyl (C=O) groups is 3. The first-order valence-electron chi connectivity index (χ1n) is 13.0. The lowest BCUT2D eigenvalue weighted by atomic mass is 10.1. The molecule has 4 aromatic rings. The number of hydrogen-bond donors (Lipinski definition) is 3. The van der Waals surface area contributed by atoms with Crippen LogP contribution >= 0.6 is 0 Å². The molecule has 3 N–H and O–H groups in total. The van der Waals surface area contributed by atoms with Gasteiger partial charge < -0.3 is 20.9 Å². The molecule has 0 aliphatic heterocycles. The molecule has 0 aliphatic rings. The van der Waals surface area contributed by atoms with Crippen molar-refractivity contribution in [3.63, 3.8) is 0 Å². The summed E-state index contributed by atoms with van der Waals surface area (Å²) in [5, 5.41) is 8.83. The maximum atomic E-state index is 13.0. The predicted octanol–water partition coefficient (Wildman–Crippen LogP) is 5.98. The van der Waals surface area contributed by atoms with Gasteiger partial charge in [-0.1, -0.05) is 54.6 Å². The van der Waals surface area contributed by atoms with Gasteiger partial charge in [0.1, 0.15) is 0 Å². The van der Waals surface area contributed by atoms with Crippen LogP contribution in [0.4, 0.5) is 22.7 Å². The largest absolute Gasteiger partial charge is 0.376 e. The van der Waals surface area contributed by atoms with Gasteiger partial charge in [0.05, 0.1) is 6.54 Å². The van der Waals surface area contributed by atoms with E-state index >= 15 is 0 Å². The van der Waals surface area contributed by atoms with Crippen LogP contribution in [0.25, 0.3) is 0 Å². The zero-order chi connectivity index (χ0) is 27.5. The number of amides is 3. The minimum Gasteiger partial charge on any atom is -0.376 e. The van der Waals surface area contributed by atoms with Crippen molar-refractivity contribution in [2.24, 2.45) is 0 Å². The van der Waals surface area contributed by atoms with E-state index in [4.69, 9.17) is 0 Å². The fourth-order valence-electron chi connectivity index (χ4n) is 4.12. The van der Waals surface area contributed by atoms with E-state index < -0.39 is 0 Å². The van der Waals surface area contributed by atoms with Crippen LogP contribution in [-0.4, -0.2) is 30.8 Å². The molecule has 0 unspecified atom stereocenters. The Morgan fingerprint density at radius 1 is 0.667 bits per heavy atom. The molecule has 0 saturated carbocycles. The molecule has 0 bridgehead atoms. The molecule has 0 spiro atoms. The van der Waals surface area contributed by atoms with E-state index in [1.807, 2.05) is 85.8 Å². The number of nitrogens with zero attached hydrogens (tertiary/aromatic N) is 1. The van der Waals surface area contributed by atoms with Crippen molar-refractivity contribution in [2.75, 3.05) is 33.9 Å². The van der Waals surface area contributed by atoms with E-state index in [0.29, 0.717) is 42.0 Å². The molecule has 0 aromatic heterocycles. The van der Waals surface area contributed by atoms with Crippen molar-refractivity contribution in [1.82, 2.24) is 0 Å². The van der Waals surface area contributed by atoms with Crippen molar-refractivity contribution in [3.05, 3.63) is 120 Å². The van der Waals surface area contributed by atoms with Crippen LogP contribution in [-0.2, 0) is 16.0 Å². The molecule has 198 valence electrons. The van der Waals surface area contributed by atoms with Crippen molar-refractivity contribution in [2.45, 2.75) is 19.8 Å². The molecular weight excluding hydrogens is 488 g/mol. The van der Waals surface area contributed by atoms with Gasteiger partial charge in [0, 0.05) is 41.3 Å². The second-order valence-electron chi connectivity index (χ2n) is 8.98.